The van der Waals surface area contributed by atoms with Crippen LogP contribution in [0, 0.1) is 11.6 Å². The third-order valence-corrected chi connectivity index (χ3v) is 2.72. The van der Waals surface area contributed by atoms with Crippen LogP contribution in [0.15, 0.2) is 41.1 Å². The number of hydrogen-bond acceptors (Lipinski definition) is 3. The van der Waals surface area contributed by atoms with Crippen LogP contribution < -0.4 is 5.73 Å². The van der Waals surface area contributed by atoms with E-state index >= 15 is 0 Å². The number of pyridine rings is 1. The summed E-state index contributed by atoms with van der Waals surface area (Å²) in [7, 11) is 0. The topological polar surface area (TPSA) is 52.0 Å². The van der Waals surface area contributed by atoms with E-state index in [0.717, 1.165) is 18.2 Å². The van der Waals surface area contributed by atoms with E-state index in [9.17, 15) is 8.78 Å². The number of rotatable bonds is 1. The quantitative estimate of drug-likeness (QED) is 0.716. The number of aromatic nitrogens is 1. The third kappa shape index (κ3) is 1.52. The summed E-state index contributed by atoms with van der Waals surface area (Å²) in [4.78, 5) is 3.98. The standard InChI is InChI=1S/C13H8F2N2O/c14-7-1-2-10(15)9(5-7)8-3-4-17-13-12(8)11(16)6-18-13/h1-6H,16H2. The van der Waals surface area contributed by atoms with Gasteiger partial charge in [0.15, 0.2) is 0 Å². The van der Waals surface area contributed by atoms with Crippen molar-refractivity contribution in [1.29, 1.82) is 0 Å². The molecular weight excluding hydrogens is 238 g/mol. The van der Waals surface area contributed by atoms with E-state index in [0.29, 0.717) is 22.4 Å². The second-order valence-corrected chi connectivity index (χ2v) is 3.85. The van der Waals surface area contributed by atoms with Crippen LogP contribution in [0.3, 0.4) is 0 Å². The molecule has 5 heteroatoms. The fourth-order valence-corrected chi connectivity index (χ4v) is 1.92. The molecule has 3 aromatic rings. The van der Waals surface area contributed by atoms with Crippen molar-refractivity contribution in [3.05, 3.63) is 48.4 Å². The fourth-order valence-electron chi connectivity index (χ4n) is 1.92. The van der Waals surface area contributed by atoms with Gasteiger partial charge in [-0.25, -0.2) is 13.8 Å². The molecule has 0 fully saturated rings. The zero-order chi connectivity index (χ0) is 12.7. The van der Waals surface area contributed by atoms with Crippen molar-refractivity contribution < 1.29 is 13.2 Å². The van der Waals surface area contributed by atoms with Crippen LogP contribution in [0.25, 0.3) is 22.2 Å². The largest absolute Gasteiger partial charge is 0.444 e. The molecule has 3 rings (SSSR count). The molecule has 0 aliphatic rings. The lowest BCUT2D eigenvalue weighted by molar-refractivity contribution is 0.602. The van der Waals surface area contributed by atoms with Crippen molar-refractivity contribution in [3.63, 3.8) is 0 Å². The average molecular weight is 246 g/mol. The van der Waals surface area contributed by atoms with Crippen molar-refractivity contribution in [2.45, 2.75) is 0 Å². The highest BCUT2D eigenvalue weighted by atomic mass is 19.1. The number of fused-ring (bicyclic) bond motifs is 1. The molecule has 0 radical (unpaired) electrons. The predicted octanol–water partition coefficient (Wildman–Crippen LogP) is 3.36. The number of nitrogen functional groups attached to an aromatic ring is 1. The van der Waals surface area contributed by atoms with Gasteiger partial charge in [-0.15, -0.1) is 0 Å². The van der Waals surface area contributed by atoms with Gasteiger partial charge in [0.2, 0.25) is 5.71 Å². The highest BCUT2D eigenvalue weighted by molar-refractivity contribution is 6.00. The maximum Gasteiger partial charge on any atom is 0.228 e. The van der Waals surface area contributed by atoms with Crippen LogP contribution in [-0.4, -0.2) is 4.98 Å². The molecule has 2 aromatic heterocycles. The lowest BCUT2D eigenvalue weighted by atomic mass is 10.0. The Bertz CT molecular complexity index is 737. The summed E-state index contributed by atoms with van der Waals surface area (Å²) in [5.41, 5.74) is 6.99. The van der Waals surface area contributed by atoms with Crippen LogP contribution in [0.5, 0.6) is 0 Å². The minimum absolute atomic E-state index is 0.135. The number of anilines is 1. The molecule has 0 aliphatic carbocycles. The molecule has 90 valence electrons. The monoisotopic (exact) mass is 246 g/mol. The van der Waals surface area contributed by atoms with Gasteiger partial charge in [0, 0.05) is 17.3 Å². The summed E-state index contributed by atoms with van der Waals surface area (Å²) < 4.78 is 32.1. The molecule has 0 spiro atoms. The molecule has 0 amide bonds. The van der Waals surface area contributed by atoms with Gasteiger partial charge in [0.25, 0.3) is 0 Å². The summed E-state index contributed by atoms with van der Waals surface area (Å²) in [6, 6.07) is 4.84. The van der Waals surface area contributed by atoms with E-state index in [4.69, 9.17) is 10.2 Å². The van der Waals surface area contributed by atoms with Crippen LogP contribution >= 0.6 is 0 Å². The number of hydrogen-bond donors (Lipinski definition) is 1. The van der Waals surface area contributed by atoms with E-state index in [2.05, 4.69) is 4.98 Å². The molecule has 3 nitrogen and oxygen atoms in total. The molecule has 0 unspecified atom stereocenters. The van der Waals surface area contributed by atoms with Crippen LogP contribution in [0.4, 0.5) is 14.5 Å². The van der Waals surface area contributed by atoms with Crippen molar-refractivity contribution >= 4 is 16.8 Å². The summed E-state index contributed by atoms with van der Waals surface area (Å²) in [5, 5.41) is 0.488. The van der Waals surface area contributed by atoms with Crippen LogP contribution in [0.1, 0.15) is 0 Å². The normalized spacial score (nSPS) is 11.0. The first-order chi connectivity index (χ1) is 8.66. The molecule has 2 N–H and O–H groups in total. The van der Waals surface area contributed by atoms with Crippen molar-refractivity contribution in [2.24, 2.45) is 0 Å². The summed E-state index contributed by atoms with van der Waals surface area (Å²) >= 11 is 0. The first-order valence-electron chi connectivity index (χ1n) is 5.24. The van der Waals surface area contributed by atoms with Gasteiger partial charge in [-0.05, 0) is 24.3 Å². The minimum Gasteiger partial charge on any atom is -0.444 e. The molecule has 18 heavy (non-hydrogen) atoms. The van der Waals surface area contributed by atoms with E-state index in [1.54, 1.807) is 6.07 Å². The van der Waals surface area contributed by atoms with Gasteiger partial charge in [0.05, 0.1) is 11.1 Å². The molecule has 0 atom stereocenters. The second-order valence-electron chi connectivity index (χ2n) is 3.85. The van der Waals surface area contributed by atoms with Gasteiger partial charge in [-0.2, -0.15) is 0 Å². The Kier molecular flexibility index (Phi) is 2.26. The number of nitrogens with two attached hydrogens (primary N) is 1. The first-order valence-corrected chi connectivity index (χ1v) is 5.24. The smallest absolute Gasteiger partial charge is 0.228 e. The van der Waals surface area contributed by atoms with Gasteiger partial charge in [-0.1, -0.05) is 0 Å². The highest BCUT2D eigenvalue weighted by Gasteiger charge is 2.14. The van der Waals surface area contributed by atoms with E-state index in [1.807, 2.05) is 0 Å². The lowest BCUT2D eigenvalue weighted by Gasteiger charge is -2.05. The number of furan rings is 1. The summed E-state index contributed by atoms with van der Waals surface area (Å²) in [6.45, 7) is 0. The van der Waals surface area contributed by atoms with E-state index in [-0.39, 0.29) is 5.56 Å². The number of halogens is 2. The molecule has 0 saturated carbocycles. The third-order valence-electron chi connectivity index (χ3n) is 2.72. The fraction of sp³-hybridized carbons (Fsp3) is 0. The lowest BCUT2D eigenvalue weighted by Crippen LogP contribution is -1.90. The SMILES string of the molecule is Nc1coc2nccc(-c3cc(F)ccc3F)c12. The Morgan fingerprint density at radius 1 is 1.11 bits per heavy atom. The van der Waals surface area contributed by atoms with E-state index in [1.165, 1.54) is 12.5 Å². The zero-order valence-corrected chi connectivity index (χ0v) is 9.15. The number of nitrogens with zero attached hydrogens (tertiary/aromatic N) is 1. The van der Waals surface area contributed by atoms with E-state index < -0.39 is 11.6 Å². The molecule has 0 saturated heterocycles. The minimum atomic E-state index is -0.524. The Labute approximate surface area is 101 Å². The second kappa shape index (κ2) is 3.80. The molecule has 1 aromatic carbocycles. The van der Waals surface area contributed by atoms with Crippen LogP contribution in [-0.2, 0) is 0 Å². The summed E-state index contributed by atoms with van der Waals surface area (Å²) in [5.74, 6) is -1.04. The first kappa shape index (κ1) is 10.7. The van der Waals surface area contributed by atoms with Gasteiger partial charge >= 0.3 is 0 Å². The molecule has 2 heterocycles. The molecule has 0 bridgehead atoms. The maximum atomic E-state index is 13.8. The molecule has 0 aliphatic heterocycles. The van der Waals surface area contributed by atoms with Gasteiger partial charge < -0.3 is 10.2 Å². The van der Waals surface area contributed by atoms with Gasteiger partial charge in [-0.3, -0.25) is 0 Å². The average Bonchev–Trinajstić information content (AvgIpc) is 2.75. The van der Waals surface area contributed by atoms with Crippen molar-refractivity contribution in [3.8, 4) is 11.1 Å². The summed E-state index contributed by atoms with van der Waals surface area (Å²) in [6.07, 6.45) is 2.79. The predicted molar refractivity (Wildman–Crippen MR) is 63.8 cm³/mol. The molecular formula is C13H8F2N2O. The van der Waals surface area contributed by atoms with Gasteiger partial charge in [0.1, 0.15) is 17.9 Å². The van der Waals surface area contributed by atoms with Crippen molar-refractivity contribution in [2.75, 3.05) is 5.73 Å². The Morgan fingerprint density at radius 3 is 2.78 bits per heavy atom. The maximum absolute atomic E-state index is 13.8. The van der Waals surface area contributed by atoms with Crippen molar-refractivity contribution in [1.82, 2.24) is 4.98 Å². The Morgan fingerprint density at radius 2 is 1.94 bits per heavy atom. The number of benzene rings is 1. The Balaban J connectivity index is 2.38. The Hall–Kier alpha value is -2.43. The highest BCUT2D eigenvalue weighted by Crippen LogP contribution is 2.34. The van der Waals surface area contributed by atoms with Crippen LogP contribution in [0.2, 0.25) is 0 Å². The zero-order valence-electron chi connectivity index (χ0n) is 9.15.